The van der Waals surface area contributed by atoms with Gasteiger partial charge in [-0.15, -0.1) is 0 Å². The molecule has 0 spiro atoms. The topological polar surface area (TPSA) is 58.6 Å². The molecule has 1 N–H and O–H groups in total. The fraction of sp³-hybridized carbons (Fsp3) is 0.304. The van der Waals surface area contributed by atoms with Crippen LogP contribution in [-0.2, 0) is 14.3 Å². The molecule has 29 heavy (non-hydrogen) atoms. The molecule has 152 valence electrons. The third kappa shape index (κ3) is 4.77. The minimum absolute atomic E-state index is 0.0363. The zero-order valence-electron chi connectivity index (χ0n) is 17.1. The van der Waals surface area contributed by atoms with Gasteiger partial charge in [-0.3, -0.25) is 14.5 Å². The predicted molar refractivity (Wildman–Crippen MR) is 118 cm³/mol. The number of nitrogens with one attached hydrogen (secondary N) is 1. The van der Waals surface area contributed by atoms with Crippen molar-refractivity contribution in [3.8, 4) is 0 Å². The van der Waals surface area contributed by atoms with Crippen molar-refractivity contribution in [2.24, 2.45) is 0 Å². The highest BCUT2D eigenvalue weighted by Gasteiger charge is 2.39. The van der Waals surface area contributed by atoms with Crippen LogP contribution in [0.25, 0.3) is 5.57 Å². The summed E-state index contributed by atoms with van der Waals surface area (Å²) in [6, 6.07) is 13.3. The molecule has 2 aromatic rings. The van der Waals surface area contributed by atoms with Gasteiger partial charge in [0.05, 0.1) is 24.8 Å². The predicted octanol–water partition coefficient (Wildman–Crippen LogP) is 4.68. The Morgan fingerprint density at radius 1 is 1.03 bits per heavy atom. The first kappa shape index (κ1) is 21.3. The summed E-state index contributed by atoms with van der Waals surface area (Å²) in [6.45, 7) is 8.38. The number of carbonyl (C=O) groups is 2. The fourth-order valence-corrected chi connectivity index (χ4v) is 3.55. The molecule has 6 heteroatoms. The van der Waals surface area contributed by atoms with Crippen LogP contribution in [-0.4, -0.2) is 36.0 Å². The molecule has 1 aliphatic rings. The van der Waals surface area contributed by atoms with Gasteiger partial charge < -0.3 is 10.1 Å². The number of aryl methyl sites for hydroxylation is 2. The van der Waals surface area contributed by atoms with E-state index in [0.717, 1.165) is 26.9 Å². The van der Waals surface area contributed by atoms with Gasteiger partial charge in [0.2, 0.25) is 0 Å². The lowest BCUT2D eigenvalue weighted by Crippen LogP contribution is -2.35. The van der Waals surface area contributed by atoms with Crippen LogP contribution < -0.4 is 5.32 Å². The Morgan fingerprint density at radius 2 is 1.79 bits per heavy atom. The standard InChI is InChI=1S/C23H25BrN2O3/c1-14(2)29-11-10-26-22(27)20(17-9-8-15(3)16(4)12-17)21(23(26)28)25-19-7-5-6-18(24)13-19/h5-9,12-14,25H,10-11H2,1-4H3. The van der Waals surface area contributed by atoms with Crippen LogP contribution in [0.3, 0.4) is 0 Å². The molecule has 0 saturated heterocycles. The maximum Gasteiger partial charge on any atom is 0.278 e. The van der Waals surface area contributed by atoms with E-state index in [9.17, 15) is 9.59 Å². The first-order valence-electron chi connectivity index (χ1n) is 9.60. The molecule has 5 nitrogen and oxygen atoms in total. The number of carbonyl (C=O) groups excluding carboxylic acids is 2. The van der Waals surface area contributed by atoms with E-state index in [1.54, 1.807) is 0 Å². The summed E-state index contributed by atoms with van der Waals surface area (Å²) in [5, 5.41) is 3.17. The van der Waals surface area contributed by atoms with E-state index in [4.69, 9.17) is 4.74 Å². The average molecular weight is 457 g/mol. The van der Waals surface area contributed by atoms with Gasteiger partial charge in [-0.1, -0.05) is 40.2 Å². The average Bonchev–Trinajstić information content (AvgIpc) is 2.88. The summed E-state index contributed by atoms with van der Waals surface area (Å²) in [4.78, 5) is 27.6. The van der Waals surface area contributed by atoms with Crippen molar-refractivity contribution < 1.29 is 14.3 Å². The summed E-state index contributed by atoms with van der Waals surface area (Å²) in [5.41, 5.74) is 4.35. The third-order valence-corrected chi connectivity index (χ3v) is 5.32. The summed E-state index contributed by atoms with van der Waals surface area (Å²) in [7, 11) is 0. The summed E-state index contributed by atoms with van der Waals surface area (Å²) in [5.74, 6) is -0.640. The number of rotatable bonds is 7. The molecule has 1 heterocycles. The molecule has 0 aromatic heterocycles. The number of amides is 2. The first-order chi connectivity index (χ1) is 13.8. The molecular formula is C23H25BrN2O3. The van der Waals surface area contributed by atoms with E-state index < -0.39 is 0 Å². The van der Waals surface area contributed by atoms with Crippen molar-refractivity contribution in [3.63, 3.8) is 0 Å². The molecule has 0 saturated carbocycles. The monoisotopic (exact) mass is 456 g/mol. The second-order valence-corrected chi connectivity index (χ2v) is 8.28. The van der Waals surface area contributed by atoms with Crippen LogP contribution >= 0.6 is 15.9 Å². The first-order valence-corrected chi connectivity index (χ1v) is 10.4. The van der Waals surface area contributed by atoms with Crippen LogP contribution in [0.1, 0.15) is 30.5 Å². The van der Waals surface area contributed by atoms with Crippen molar-refractivity contribution in [3.05, 3.63) is 69.3 Å². The number of halogens is 1. The van der Waals surface area contributed by atoms with Crippen molar-refractivity contribution in [1.82, 2.24) is 4.90 Å². The number of hydrogen-bond donors (Lipinski definition) is 1. The van der Waals surface area contributed by atoms with Crippen LogP contribution in [0.15, 0.2) is 52.6 Å². The van der Waals surface area contributed by atoms with Crippen LogP contribution in [0.5, 0.6) is 0 Å². The van der Waals surface area contributed by atoms with E-state index in [0.29, 0.717) is 17.9 Å². The second-order valence-electron chi connectivity index (χ2n) is 7.37. The lowest BCUT2D eigenvalue weighted by molar-refractivity contribution is -0.137. The molecule has 0 bridgehead atoms. The van der Waals surface area contributed by atoms with E-state index in [1.165, 1.54) is 4.90 Å². The Kier molecular flexibility index (Phi) is 6.55. The van der Waals surface area contributed by atoms with Gasteiger partial charge in [0, 0.05) is 10.2 Å². The Balaban J connectivity index is 2.00. The molecule has 0 atom stereocenters. The SMILES string of the molecule is Cc1ccc(C2=C(Nc3cccc(Br)c3)C(=O)N(CCOC(C)C)C2=O)cc1C. The maximum absolute atomic E-state index is 13.2. The molecular weight excluding hydrogens is 432 g/mol. The van der Waals surface area contributed by atoms with Gasteiger partial charge in [-0.2, -0.15) is 0 Å². The zero-order chi connectivity index (χ0) is 21.1. The molecule has 0 fully saturated rings. The van der Waals surface area contributed by atoms with Gasteiger partial charge in [0.1, 0.15) is 5.70 Å². The van der Waals surface area contributed by atoms with Gasteiger partial charge in [0.25, 0.3) is 11.8 Å². The van der Waals surface area contributed by atoms with Gasteiger partial charge in [-0.05, 0) is 62.6 Å². The molecule has 0 unspecified atom stereocenters. The molecule has 2 amide bonds. The number of hydrogen-bond acceptors (Lipinski definition) is 4. The van der Waals surface area contributed by atoms with E-state index in [-0.39, 0.29) is 24.5 Å². The lowest BCUT2D eigenvalue weighted by atomic mass is 9.99. The Hall–Kier alpha value is -2.44. The zero-order valence-corrected chi connectivity index (χ0v) is 18.7. The number of nitrogens with zero attached hydrogens (tertiary/aromatic N) is 1. The Labute approximate surface area is 179 Å². The van der Waals surface area contributed by atoms with Gasteiger partial charge in [0.15, 0.2) is 0 Å². The maximum atomic E-state index is 13.2. The second kappa shape index (κ2) is 8.93. The van der Waals surface area contributed by atoms with Crippen molar-refractivity contribution in [2.45, 2.75) is 33.8 Å². The normalized spacial score (nSPS) is 14.3. The number of ether oxygens (including phenoxy) is 1. The smallest absolute Gasteiger partial charge is 0.278 e. The minimum Gasteiger partial charge on any atom is -0.377 e. The molecule has 0 aliphatic carbocycles. The fourth-order valence-electron chi connectivity index (χ4n) is 3.15. The highest BCUT2D eigenvalue weighted by molar-refractivity contribution is 9.10. The van der Waals surface area contributed by atoms with Crippen LogP contribution in [0, 0.1) is 13.8 Å². The number of anilines is 1. The molecule has 1 aliphatic heterocycles. The highest BCUT2D eigenvalue weighted by Crippen LogP contribution is 2.31. The minimum atomic E-state index is -0.337. The Bertz CT molecular complexity index is 982. The van der Waals surface area contributed by atoms with Crippen LogP contribution in [0.4, 0.5) is 5.69 Å². The van der Waals surface area contributed by atoms with E-state index in [2.05, 4.69) is 21.2 Å². The summed E-state index contributed by atoms with van der Waals surface area (Å²) >= 11 is 3.44. The van der Waals surface area contributed by atoms with Crippen LogP contribution in [0.2, 0.25) is 0 Å². The van der Waals surface area contributed by atoms with E-state index >= 15 is 0 Å². The van der Waals surface area contributed by atoms with E-state index in [1.807, 2.05) is 70.2 Å². The molecule has 2 aromatic carbocycles. The Morgan fingerprint density at radius 3 is 2.45 bits per heavy atom. The molecule has 3 rings (SSSR count). The lowest BCUT2D eigenvalue weighted by Gasteiger charge is -2.16. The quantitative estimate of drug-likeness (QED) is 0.614. The third-order valence-electron chi connectivity index (χ3n) is 4.82. The largest absolute Gasteiger partial charge is 0.377 e. The van der Waals surface area contributed by atoms with Crippen molar-refractivity contribution >= 4 is 39.0 Å². The summed E-state index contributed by atoms with van der Waals surface area (Å²) in [6.07, 6.45) is 0.0363. The highest BCUT2D eigenvalue weighted by atomic mass is 79.9. The number of benzene rings is 2. The number of imide groups is 1. The van der Waals surface area contributed by atoms with Gasteiger partial charge >= 0.3 is 0 Å². The van der Waals surface area contributed by atoms with Crippen molar-refractivity contribution in [1.29, 1.82) is 0 Å². The van der Waals surface area contributed by atoms with Crippen molar-refractivity contribution in [2.75, 3.05) is 18.5 Å². The molecule has 0 radical (unpaired) electrons. The summed E-state index contributed by atoms with van der Waals surface area (Å²) < 4.78 is 6.44. The van der Waals surface area contributed by atoms with Gasteiger partial charge in [-0.25, -0.2) is 0 Å².